The van der Waals surface area contributed by atoms with Gasteiger partial charge in [0, 0.05) is 136 Å². The van der Waals surface area contributed by atoms with Gasteiger partial charge in [0.1, 0.15) is 90.8 Å². The number of halogens is 3. The van der Waals surface area contributed by atoms with Crippen molar-refractivity contribution in [1.82, 2.24) is 52.3 Å². The Kier molecular flexibility index (Phi) is 34.4. The maximum Gasteiger partial charge on any atom is 0.251 e. The van der Waals surface area contributed by atoms with Gasteiger partial charge in [0.15, 0.2) is 0 Å². The van der Waals surface area contributed by atoms with Gasteiger partial charge in [0.2, 0.25) is 54.8 Å². The van der Waals surface area contributed by atoms with Crippen LogP contribution in [-0.2, 0) is 67.3 Å². The van der Waals surface area contributed by atoms with Crippen molar-refractivity contribution in [1.29, 1.82) is 0 Å². The fourth-order valence-electron chi connectivity index (χ4n) is 14.6. The minimum atomic E-state index is -1.66. The molecule has 0 saturated heterocycles. The highest BCUT2D eigenvalue weighted by molar-refractivity contribution is 14.1. The van der Waals surface area contributed by atoms with Crippen LogP contribution in [0.25, 0.3) is 44.5 Å². The molecule has 31 nitrogen and oxygen atoms in total. The van der Waals surface area contributed by atoms with Gasteiger partial charge < -0.3 is 94.6 Å². The largest absolute Gasteiger partial charge is 0.507 e. The molecule has 10 amide bonds. The van der Waals surface area contributed by atoms with Crippen molar-refractivity contribution in [3.05, 3.63) is 214 Å². The van der Waals surface area contributed by atoms with Crippen molar-refractivity contribution in [2.24, 2.45) is 28.7 Å². The van der Waals surface area contributed by atoms with E-state index in [1.54, 1.807) is 154 Å². The summed E-state index contributed by atoms with van der Waals surface area (Å²) in [5, 5.41) is 35.1. The smallest absolute Gasteiger partial charge is 0.251 e. The molecule has 0 aliphatic carbocycles. The van der Waals surface area contributed by atoms with Gasteiger partial charge in [-0.15, -0.1) is 0 Å². The minimum Gasteiger partial charge on any atom is -0.507 e. The highest BCUT2D eigenvalue weighted by Gasteiger charge is 2.40. The SMILES string of the molecule is C[C@H](NC(=O)[C@@H]1Cc2ccc(OC(N)CCC[C@H](NC(=O)c3ccc(-c4ccc(Cl)cc4)cc3)C(=O)N(C)[C@@H]3C(=O)N[C@@H](C)C(=O)N[C@H](C(=O)N[C@@H](C)C(=O)I)Cc4ccc(OCCN)c(c4)-c4cc3ccc4OCCN)c(c2)-c2cc(cc(CN)c2O)[C@H](N(C)C(=O)[C@H](CCCCN)NC(=O)c2ccc(-c3ccccc3)cc2)C(=O)N[C@@H](C)C(=O)N1)C(=O)I. The summed E-state index contributed by atoms with van der Waals surface area (Å²) >= 11 is 9.33. The van der Waals surface area contributed by atoms with E-state index in [0.717, 1.165) is 32.1 Å². The standard InChI is InChI=1S/C91H104ClI2N15O16/c1-49(80(93)111)100-86(117)71-43-53-18-33-73(123-39-37-96)65(41-53)67-46-61(30-35-74(67)124-40-38-97)77(88(119)102-51(3)82(113)106-71)108(5)91(122)70(105-85(116)60-26-22-57(23-27-60)58-28-31-64(92)32-29-58)16-12-17-76(99)125-75-34-19-54-42-66(75)68-47-62(45-63(48-98)79(68)110)78(89(120)103-52(4)83(114)107-72(44-54)87(118)101-50(2)81(94)112)109(6)90(121)69(15-10-11-36-95)104-84(115)59-24-20-56(21-25-59)55-13-8-7-9-14-55/h7-9,13-14,18-35,41-42,45-47,49-52,69-72,76-78,110H,10-12,15-17,36-40,43-44,48,95-99H2,1-6H3,(H,100,117)(H,101,118)(H,102,119)(H,103,120)(H,104,115)(H,105,116)(H,106,113)(H,107,114)/t49-,50-,51-,52-,69-,70-,71-,72-,76?,77-,78-/m0/s1. The van der Waals surface area contributed by atoms with Crippen LogP contribution in [0.3, 0.4) is 0 Å². The Bertz CT molecular complexity index is 5270. The van der Waals surface area contributed by atoms with Gasteiger partial charge >= 0.3 is 0 Å². The third-order valence-corrected chi connectivity index (χ3v) is 23.6. The first-order valence-electron chi connectivity index (χ1n) is 40.9. The number of hydrogen-bond donors (Lipinski definition) is 14. The number of rotatable bonds is 33. The van der Waals surface area contributed by atoms with E-state index in [2.05, 4.69) is 42.5 Å². The lowest BCUT2D eigenvalue weighted by Crippen LogP contribution is -2.56. The summed E-state index contributed by atoms with van der Waals surface area (Å²) < 4.78 is 18.4. The number of nitrogens with one attached hydrogen (secondary N) is 8. The second-order valence-electron chi connectivity index (χ2n) is 30.7. The van der Waals surface area contributed by atoms with E-state index in [9.17, 15) is 43.5 Å². The number of hydrogen-bond acceptors (Lipinski definition) is 21. The average molecular weight is 1950 g/mol. The molecule has 2 aliphatic heterocycles. The average Bonchev–Trinajstić information content (AvgIpc) is 0.771. The van der Waals surface area contributed by atoms with Crippen molar-refractivity contribution in [2.75, 3.05) is 46.9 Å². The van der Waals surface area contributed by atoms with Crippen LogP contribution >= 0.6 is 56.8 Å². The molecule has 34 heteroatoms. The Morgan fingerprint density at radius 2 is 0.912 bits per heavy atom. The van der Waals surface area contributed by atoms with Gasteiger partial charge in [0.25, 0.3) is 11.8 Å². The number of aromatic hydroxyl groups is 1. The number of benzene rings is 8. The maximum atomic E-state index is 16.0. The number of carbonyl (C=O) groups excluding carboxylic acids is 12. The zero-order valence-corrected chi connectivity index (χ0v) is 75.0. The van der Waals surface area contributed by atoms with E-state index in [-0.39, 0.29) is 132 Å². The lowest BCUT2D eigenvalue weighted by Gasteiger charge is -2.33. The van der Waals surface area contributed by atoms with Crippen LogP contribution in [0.4, 0.5) is 0 Å². The Labute approximate surface area is 756 Å². The molecule has 8 aromatic carbocycles. The van der Waals surface area contributed by atoms with E-state index < -0.39 is 135 Å². The molecule has 0 spiro atoms. The molecule has 0 aromatic heterocycles. The number of phenols is 1. The number of likely N-dealkylation sites (N-methyl/N-ethyl adjacent to an activating group) is 2. The zero-order chi connectivity index (χ0) is 90.5. The van der Waals surface area contributed by atoms with Crippen molar-refractivity contribution in [3.8, 4) is 67.5 Å². The monoisotopic (exact) mass is 1950 g/mol. The van der Waals surface area contributed by atoms with Crippen LogP contribution in [0.2, 0.25) is 5.02 Å². The molecule has 0 fully saturated rings. The summed E-state index contributed by atoms with van der Waals surface area (Å²) in [5.74, 6) is -7.60. The van der Waals surface area contributed by atoms with E-state index in [0.29, 0.717) is 45.9 Å². The van der Waals surface area contributed by atoms with Gasteiger partial charge in [-0.3, -0.25) is 63.3 Å². The topological polar surface area (TPSA) is 486 Å². The Morgan fingerprint density at radius 3 is 1.38 bits per heavy atom. The molecule has 8 bridgehead atoms. The maximum absolute atomic E-state index is 16.0. The molecule has 19 N–H and O–H groups in total. The summed E-state index contributed by atoms with van der Waals surface area (Å²) in [5.41, 5.74) is 37.1. The van der Waals surface area contributed by atoms with Crippen LogP contribution in [0, 0.1) is 0 Å². The van der Waals surface area contributed by atoms with Crippen molar-refractivity contribution >= 4 is 123 Å². The Morgan fingerprint density at radius 1 is 0.488 bits per heavy atom. The molecular weight excluding hydrogens is 1850 g/mol. The van der Waals surface area contributed by atoms with Crippen LogP contribution in [-0.4, -0.2) is 183 Å². The van der Waals surface area contributed by atoms with Crippen molar-refractivity contribution in [2.45, 2.75) is 152 Å². The number of unbranched alkanes of at least 4 members (excludes halogenated alkanes) is 1. The van der Waals surface area contributed by atoms with Crippen molar-refractivity contribution < 1.29 is 76.9 Å². The van der Waals surface area contributed by atoms with Gasteiger partial charge in [-0.25, -0.2) is 0 Å². The second kappa shape index (κ2) is 44.9. The molecule has 2 heterocycles. The van der Waals surface area contributed by atoms with Gasteiger partial charge in [-0.05, 0) is 202 Å². The quantitative estimate of drug-likeness (QED) is 0.00841. The van der Waals surface area contributed by atoms with Crippen LogP contribution in [0.5, 0.6) is 23.0 Å². The van der Waals surface area contributed by atoms with Crippen LogP contribution in [0.1, 0.15) is 127 Å². The second-order valence-corrected chi connectivity index (χ2v) is 33.2. The van der Waals surface area contributed by atoms with Gasteiger partial charge in [0.05, 0.1) is 12.1 Å². The minimum absolute atomic E-state index is 0.00777. The van der Waals surface area contributed by atoms with Gasteiger partial charge in [-0.2, -0.15) is 0 Å². The molecule has 8 aromatic rings. The summed E-state index contributed by atoms with van der Waals surface area (Å²) in [7, 11) is 2.71. The lowest BCUT2D eigenvalue weighted by molar-refractivity contribution is -0.141. The number of ether oxygens (including phenoxy) is 3. The zero-order valence-electron chi connectivity index (χ0n) is 69.9. The van der Waals surface area contributed by atoms with E-state index >= 15 is 19.2 Å². The van der Waals surface area contributed by atoms with E-state index in [1.807, 2.05) is 42.5 Å². The predicted octanol–water partition coefficient (Wildman–Crippen LogP) is 7.13. The summed E-state index contributed by atoms with van der Waals surface area (Å²) in [6.45, 7) is 5.90. The third-order valence-electron chi connectivity index (χ3n) is 21.5. The Balaban J connectivity index is 1.03. The molecule has 10 rings (SSSR count). The Hall–Kier alpha value is -11.5. The predicted molar refractivity (Wildman–Crippen MR) is 490 cm³/mol. The highest BCUT2D eigenvalue weighted by Crippen LogP contribution is 2.44. The third kappa shape index (κ3) is 25.0. The molecule has 0 radical (unpaired) electrons. The number of nitrogens with zero attached hydrogens (tertiary/aromatic N) is 2. The molecular formula is C91H104ClI2N15O16. The fourth-order valence-corrected chi connectivity index (χ4v) is 15.1. The number of nitrogens with two attached hydrogens (primary N) is 5. The summed E-state index contributed by atoms with van der Waals surface area (Å²) in [6.07, 6.45) is -1.08. The molecule has 0 saturated carbocycles. The molecule has 660 valence electrons. The summed E-state index contributed by atoms with van der Waals surface area (Å²) in [4.78, 5) is 176. The number of fused-ring (bicyclic) bond motifs is 10. The molecule has 125 heavy (non-hydrogen) atoms. The summed E-state index contributed by atoms with van der Waals surface area (Å²) in [6, 6.07) is 33.9. The van der Waals surface area contributed by atoms with Gasteiger partial charge in [-0.1, -0.05) is 96.5 Å². The molecule has 11 atom stereocenters. The highest BCUT2D eigenvalue weighted by atomic mass is 127. The lowest BCUT2D eigenvalue weighted by atomic mass is 9.91. The normalized spacial score (nSPS) is 17.6. The fraction of sp³-hybridized carbons (Fsp3) is 0.341. The van der Waals surface area contributed by atoms with Crippen molar-refractivity contribution in [3.63, 3.8) is 0 Å². The number of amides is 10. The first kappa shape index (κ1) is 95.8. The van der Waals surface area contributed by atoms with Crippen LogP contribution < -0.4 is 85.4 Å². The van der Waals surface area contributed by atoms with E-state index in [1.165, 1.54) is 60.0 Å². The van der Waals surface area contributed by atoms with Crippen LogP contribution in [0.15, 0.2) is 170 Å². The first-order valence-corrected chi connectivity index (χ1v) is 43.5. The number of phenolic OH excluding ortho intramolecular Hbond substituents is 1. The first-order chi connectivity index (χ1) is 59.8. The van der Waals surface area contributed by atoms with E-state index in [4.69, 9.17) is 54.5 Å². The molecule has 2 aliphatic rings. The number of carbonyl (C=O) groups is 12. The molecule has 1 unspecified atom stereocenters.